The molecule has 4 heterocycles. The van der Waals surface area contributed by atoms with Crippen molar-refractivity contribution in [3.63, 3.8) is 0 Å². The number of nitrogens with zero attached hydrogens (tertiary/aromatic N) is 5. The molecule has 5 atom stereocenters. The summed E-state index contributed by atoms with van der Waals surface area (Å²) in [6, 6.07) is 6.00. The molecule has 2 amide bonds. The van der Waals surface area contributed by atoms with E-state index in [1.807, 2.05) is 0 Å². The van der Waals surface area contributed by atoms with Crippen LogP contribution in [0.2, 0.25) is 0 Å². The number of aliphatic hydroxyl groups is 2. The summed E-state index contributed by atoms with van der Waals surface area (Å²) in [5.41, 5.74) is 9.66. The van der Waals surface area contributed by atoms with E-state index < -0.39 is 35.0 Å². The van der Waals surface area contributed by atoms with Crippen molar-refractivity contribution in [1.82, 2.24) is 24.4 Å². The van der Waals surface area contributed by atoms with E-state index in [9.17, 15) is 19.8 Å². The molecule has 2 aromatic heterocycles. The number of imide groups is 1. The van der Waals surface area contributed by atoms with Crippen molar-refractivity contribution < 1.29 is 24.5 Å². The van der Waals surface area contributed by atoms with E-state index in [0.717, 1.165) is 4.90 Å². The first-order chi connectivity index (χ1) is 18.1. The summed E-state index contributed by atoms with van der Waals surface area (Å²) >= 11 is 0. The van der Waals surface area contributed by atoms with Gasteiger partial charge in [-0.1, -0.05) is 31.9 Å². The van der Waals surface area contributed by atoms with Crippen LogP contribution in [-0.2, 0) is 4.74 Å². The molecule has 0 bridgehead atoms. The summed E-state index contributed by atoms with van der Waals surface area (Å²) < 4.78 is 7.72. The van der Waals surface area contributed by atoms with Crippen LogP contribution >= 0.6 is 0 Å². The molecule has 3 aliphatic rings. The zero-order chi connectivity index (χ0) is 27.0. The first-order valence-corrected chi connectivity index (χ1v) is 12.3. The number of amides is 2. The van der Waals surface area contributed by atoms with Crippen molar-refractivity contribution in [3.8, 4) is 11.8 Å². The maximum Gasteiger partial charge on any atom is 0.262 e. The number of benzene rings is 1. The van der Waals surface area contributed by atoms with E-state index in [1.54, 1.807) is 42.7 Å². The van der Waals surface area contributed by atoms with Crippen LogP contribution < -0.4 is 11.5 Å². The molecule has 6 N–H and O–H groups in total. The zero-order valence-electron chi connectivity index (χ0n) is 20.8. The molecule has 38 heavy (non-hydrogen) atoms. The minimum absolute atomic E-state index is 0.0288. The normalized spacial score (nSPS) is 29.7. The number of anilines is 1. The number of hydrogen-bond donors (Lipinski definition) is 4. The Morgan fingerprint density at radius 2 is 1.76 bits per heavy atom. The Bertz CT molecular complexity index is 1520. The predicted molar refractivity (Wildman–Crippen MR) is 134 cm³/mol. The number of carbonyl (C=O) groups excluding carboxylic acids is 2. The van der Waals surface area contributed by atoms with Crippen molar-refractivity contribution in [1.29, 1.82) is 0 Å². The number of nitrogens with two attached hydrogens (primary N) is 2. The van der Waals surface area contributed by atoms with Gasteiger partial charge < -0.3 is 26.4 Å². The number of nitrogen functional groups attached to an aromatic ring is 1. The molecule has 12 nitrogen and oxygen atoms in total. The largest absolute Gasteiger partial charge is 0.383 e. The zero-order valence-corrected chi connectivity index (χ0v) is 20.8. The molecule has 2 fully saturated rings. The van der Waals surface area contributed by atoms with Crippen LogP contribution in [0.25, 0.3) is 11.2 Å². The fraction of sp³-hybridized carbons (Fsp3) is 0.423. The summed E-state index contributed by atoms with van der Waals surface area (Å²) in [5, 5.41) is 23.2. The maximum atomic E-state index is 12.5. The SMILES string of the molecule is CC1(C)[C@]2(O)[C@H](n3cnc4c(N)ncnc43)O[C@H](C(N)CCC#CCN3C(=O)c4ccccc4C3=O)[C@]12O. The Labute approximate surface area is 217 Å². The lowest BCUT2D eigenvalue weighted by Crippen LogP contribution is -2.47. The van der Waals surface area contributed by atoms with Crippen molar-refractivity contribution in [2.45, 2.75) is 56.3 Å². The fourth-order valence-electron chi connectivity index (χ4n) is 6.02. The van der Waals surface area contributed by atoms with Gasteiger partial charge in [-0.2, -0.15) is 0 Å². The van der Waals surface area contributed by atoms with Crippen molar-refractivity contribution in [2.24, 2.45) is 11.1 Å². The van der Waals surface area contributed by atoms with Crippen molar-refractivity contribution in [2.75, 3.05) is 12.3 Å². The molecule has 1 aromatic carbocycles. The number of rotatable bonds is 5. The second-order valence-corrected chi connectivity index (χ2v) is 10.4. The minimum atomic E-state index is -1.65. The Kier molecular flexibility index (Phi) is 5.18. The van der Waals surface area contributed by atoms with Gasteiger partial charge in [0, 0.05) is 17.9 Å². The lowest BCUT2D eigenvalue weighted by molar-refractivity contribution is -0.118. The average molecular weight is 518 g/mol. The summed E-state index contributed by atoms with van der Waals surface area (Å²) in [4.78, 5) is 38.5. The fourth-order valence-corrected chi connectivity index (χ4v) is 6.02. The Morgan fingerprint density at radius 1 is 1.08 bits per heavy atom. The van der Waals surface area contributed by atoms with Gasteiger partial charge in [-0.15, -0.1) is 5.92 Å². The van der Waals surface area contributed by atoms with Crippen LogP contribution in [0.15, 0.2) is 36.9 Å². The average Bonchev–Trinajstić information content (AvgIpc) is 3.35. The number of carbonyl (C=O) groups is 2. The predicted octanol–water partition coefficient (Wildman–Crippen LogP) is 0.215. The second kappa shape index (κ2) is 8.05. The molecular formula is C26H27N7O5. The van der Waals surface area contributed by atoms with Gasteiger partial charge in [0.05, 0.1) is 24.0 Å². The highest BCUT2D eigenvalue weighted by Crippen LogP contribution is 2.75. The molecule has 1 unspecified atom stereocenters. The molecule has 1 aliphatic carbocycles. The van der Waals surface area contributed by atoms with E-state index in [4.69, 9.17) is 16.2 Å². The molecule has 6 rings (SSSR count). The highest BCUT2D eigenvalue weighted by molar-refractivity contribution is 6.21. The topological polar surface area (TPSA) is 183 Å². The van der Waals surface area contributed by atoms with E-state index in [1.165, 1.54) is 12.7 Å². The molecule has 3 aromatic rings. The standard InChI is InChI=1S/C26H27N7O5/c1-24(2)25(36)18(38-23(26(24,25)37)33-13-31-17-19(28)29-12-30-20(17)33)16(27)10-4-3-7-11-32-21(34)14-8-5-6-9-15(14)22(32)35/h5-6,8-9,12-13,16,18,23,36-37H,4,10-11,27H2,1-2H3,(H2,28,29,30)/t16?,18-,23-,25+,26-/m1/s1. The second-order valence-electron chi connectivity index (χ2n) is 10.4. The molecule has 2 aliphatic heterocycles. The summed E-state index contributed by atoms with van der Waals surface area (Å²) in [6.45, 7) is 3.48. The Balaban J connectivity index is 1.15. The maximum absolute atomic E-state index is 12.5. The van der Waals surface area contributed by atoms with Gasteiger partial charge in [0.15, 0.2) is 17.7 Å². The van der Waals surface area contributed by atoms with Crippen molar-refractivity contribution in [3.05, 3.63) is 48.0 Å². The molecule has 196 valence electrons. The molecule has 1 saturated carbocycles. The number of imidazole rings is 1. The van der Waals surface area contributed by atoms with Crippen LogP contribution in [-0.4, -0.2) is 76.3 Å². The van der Waals surface area contributed by atoms with Crippen LogP contribution in [0.1, 0.15) is 53.6 Å². The summed E-state index contributed by atoms with van der Waals surface area (Å²) in [7, 11) is 0. The van der Waals surface area contributed by atoms with Crippen LogP contribution in [0, 0.1) is 17.3 Å². The quantitative estimate of drug-likeness (QED) is 0.270. The molecule has 0 radical (unpaired) electrons. The Hall–Kier alpha value is -3.89. The van der Waals surface area contributed by atoms with Crippen LogP contribution in [0.5, 0.6) is 0 Å². The smallest absolute Gasteiger partial charge is 0.262 e. The number of hydrogen-bond acceptors (Lipinski definition) is 10. The lowest BCUT2D eigenvalue weighted by Gasteiger charge is -2.30. The first kappa shape index (κ1) is 24.4. The third-order valence-electron chi connectivity index (χ3n) is 8.34. The first-order valence-electron chi connectivity index (χ1n) is 12.3. The van der Waals surface area contributed by atoms with E-state index in [0.29, 0.717) is 35.1 Å². The highest BCUT2D eigenvalue weighted by atomic mass is 16.6. The highest BCUT2D eigenvalue weighted by Gasteiger charge is 2.93. The number of fused-ring (bicyclic) bond motifs is 3. The third kappa shape index (κ3) is 2.92. The summed E-state index contributed by atoms with van der Waals surface area (Å²) in [6.07, 6.45) is 1.52. The number of ether oxygens (including phenoxy) is 1. The van der Waals surface area contributed by atoms with Gasteiger partial charge >= 0.3 is 0 Å². The lowest BCUT2D eigenvalue weighted by atomic mass is 9.94. The van der Waals surface area contributed by atoms with Gasteiger partial charge in [0.1, 0.15) is 29.2 Å². The molecule has 1 saturated heterocycles. The van der Waals surface area contributed by atoms with E-state index in [-0.39, 0.29) is 24.2 Å². The third-order valence-corrected chi connectivity index (χ3v) is 8.34. The minimum Gasteiger partial charge on any atom is -0.383 e. The van der Waals surface area contributed by atoms with Gasteiger partial charge in [0.25, 0.3) is 11.8 Å². The van der Waals surface area contributed by atoms with Gasteiger partial charge in [0.2, 0.25) is 0 Å². The molecule has 0 spiro atoms. The van der Waals surface area contributed by atoms with E-state index >= 15 is 0 Å². The van der Waals surface area contributed by atoms with Gasteiger partial charge in [-0.05, 0) is 18.6 Å². The van der Waals surface area contributed by atoms with Crippen molar-refractivity contribution >= 4 is 28.8 Å². The molecular weight excluding hydrogens is 490 g/mol. The van der Waals surface area contributed by atoms with Gasteiger partial charge in [-0.25, -0.2) is 15.0 Å². The van der Waals surface area contributed by atoms with Gasteiger partial charge in [-0.3, -0.25) is 19.1 Å². The molecule has 12 heteroatoms. The van der Waals surface area contributed by atoms with Crippen LogP contribution in [0.4, 0.5) is 5.82 Å². The Morgan fingerprint density at radius 3 is 2.45 bits per heavy atom. The summed E-state index contributed by atoms with van der Waals surface area (Å²) in [5.74, 6) is 5.29. The monoisotopic (exact) mass is 517 g/mol. The van der Waals surface area contributed by atoms with E-state index in [2.05, 4.69) is 26.8 Å². The number of aromatic nitrogens is 4. The van der Waals surface area contributed by atoms with Crippen LogP contribution in [0.3, 0.4) is 0 Å².